The fourth-order valence-electron chi connectivity index (χ4n) is 8.21. The van der Waals surface area contributed by atoms with E-state index in [1.165, 1.54) is 11.1 Å². The molecule has 260 valence electrons. The first-order valence-corrected chi connectivity index (χ1v) is 18.5. The second kappa shape index (κ2) is 13.9. The van der Waals surface area contributed by atoms with Crippen LogP contribution < -0.4 is 0 Å². The van der Waals surface area contributed by atoms with Gasteiger partial charge in [0.05, 0.1) is 19.4 Å². The number of nitrogens with zero attached hydrogens (tertiary/aromatic N) is 1. The largest absolute Gasteiger partial charge is 0.257 e. The van der Waals surface area contributed by atoms with Gasteiger partial charge in [0, 0.05) is 11.6 Å². The molecule has 9 aromatic carbocycles. The molecule has 0 saturated carbocycles. The van der Waals surface area contributed by atoms with Crippen molar-refractivity contribution in [2.75, 3.05) is 0 Å². The van der Waals surface area contributed by atoms with Crippen LogP contribution in [0.25, 0.3) is 77.2 Å². The van der Waals surface area contributed by atoms with E-state index in [0.29, 0.717) is 16.7 Å². The van der Waals surface area contributed by atoms with Crippen LogP contribution in [-0.2, 0) is 0 Å². The number of benzene rings is 9. The molecule has 10 rings (SSSR count). The summed E-state index contributed by atoms with van der Waals surface area (Å²) in [6.07, 6.45) is 0.839. The maximum absolute atomic E-state index is 8.89. The SMILES string of the molecule is [2H]c1c([2H])c([2H])c(-c2cccc(-c3c4ccccc4c(-c4cccc(-c5cccc(C6C(CC)=Nc7ccccc76)c5)c4)c4ccc(-c5c([2H])c([2H])c([2H])c([2H])c5[2H])cc34)c2)c([2H])c1[2H]. The van der Waals surface area contributed by atoms with Crippen LogP contribution in [-0.4, -0.2) is 5.71 Å². The molecule has 0 aliphatic carbocycles. The molecule has 0 fully saturated rings. The second-order valence-electron chi connectivity index (χ2n) is 13.8. The molecule has 0 bridgehead atoms. The van der Waals surface area contributed by atoms with Gasteiger partial charge >= 0.3 is 0 Å². The maximum atomic E-state index is 8.89. The Morgan fingerprint density at radius 1 is 0.436 bits per heavy atom. The topological polar surface area (TPSA) is 12.4 Å². The summed E-state index contributed by atoms with van der Waals surface area (Å²) in [6.45, 7) is 2.15. The lowest BCUT2D eigenvalue weighted by molar-refractivity contribution is 1.07. The van der Waals surface area contributed by atoms with Crippen molar-refractivity contribution >= 4 is 32.9 Å². The number of rotatable bonds is 7. The molecule has 1 nitrogen and oxygen atoms in total. The van der Waals surface area contributed by atoms with Crippen molar-refractivity contribution in [3.8, 4) is 55.6 Å². The van der Waals surface area contributed by atoms with E-state index < -0.39 is 36.3 Å². The predicted octanol–water partition coefficient (Wildman–Crippen LogP) is 15.0. The fourth-order valence-corrected chi connectivity index (χ4v) is 8.21. The van der Waals surface area contributed by atoms with E-state index in [1.54, 1.807) is 18.2 Å². The van der Waals surface area contributed by atoms with Crippen molar-refractivity contribution in [1.82, 2.24) is 0 Å². The zero-order valence-corrected chi connectivity index (χ0v) is 30.0. The van der Waals surface area contributed by atoms with E-state index in [0.717, 1.165) is 67.2 Å². The summed E-state index contributed by atoms with van der Waals surface area (Å²) in [6, 6.07) is 42.5. The highest BCUT2D eigenvalue weighted by Crippen LogP contribution is 2.46. The van der Waals surface area contributed by atoms with Crippen molar-refractivity contribution in [2.45, 2.75) is 19.3 Å². The van der Waals surface area contributed by atoms with Crippen LogP contribution in [0.2, 0.25) is 0 Å². The molecule has 0 saturated heterocycles. The molecule has 1 heterocycles. The summed E-state index contributed by atoms with van der Waals surface area (Å²) in [5.41, 5.74) is 11.0. The van der Waals surface area contributed by atoms with Gasteiger partial charge in [-0.25, -0.2) is 0 Å². The van der Waals surface area contributed by atoms with E-state index in [4.69, 9.17) is 18.7 Å². The van der Waals surface area contributed by atoms with Crippen molar-refractivity contribution in [1.29, 1.82) is 0 Å². The molecule has 1 aliphatic rings. The van der Waals surface area contributed by atoms with Crippen LogP contribution in [0.5, 0.6) is 0 Å². The maximum Gasteiger partial charge on any atom is 0.0671 e. The minimum absolute atomic E-state index is 0.0657. The van der Waals surface area contributed by atoms with Gasteiger partial charge in [0.1, 0.15) is 0 Å². The van der Waals surface area contributed by atoms with E-state index in [2.05, 4.69) is 79.7 Å². The van der Waals surface area contributed by atoms with Crippen LogP contribution in [0.1, 0.15) is 44.1 Å². The van der Waals surface area contributed by atoms with Gasteiger partial charge < -0.3 is 0 Å². The van der Waals surface area contributed by atoms with E-state index >= 15 is 0 Å². The lowest BCUT2D eigenvalue weighted by Crippen LogP contribution is -2.09. The number of fused-ring (bicyclic) bond motifs is 3. The first-order chi connectivity index (χ1) is 31.4. The Hall–Kier alpha value is -6.83. The lowest BCUT2D eigenvalue weighted by atomic mass is 9.83. The minimum Gasteiger partial charge on any atom is -0.257 e. The third-order valence-corrected chi connectivity index (χ3v) is 10.7. The molecule has 0 amide bonds. The van der Waals surface area contributed by atoms with E-state index in [-0.39, 0.29) is 41.2 Å². The average Bonchev–Trinajstić information content (AvgIpc) is 3.72. The third kappa shape index (κ3) is 5.86. The monoisotopic (exact) mass is 711 g/mol. The minimum atomic E-state index is -0.472. The zero-order valence-electron chi connectivity index (χ0n) is 40.0. The highest BCUT2D eigenvalue weighted by molar-refractivity contribution is 6.22. The summed E-state index contributed by atoms with van der Waals surface area (Å²) in [4.78, 5) is 4.99. The molecule has 0 radical (unpaired) electrons. The van der Waals surface area contributed by atoms with Crippen LogP contribution in [0.4, 0.5) is 5.69 Å². The van der Waals surface area contributed by atoms with Crippen molar-refractivity contribution in [3.05, 3.63) is 211 Å². The second-order valence-corrected chi connectivity index (χ2v) is 13.8. The lowest BCUT2D eigenvalue weighted by Gasteiger charge is -2.20. The first-order valence-electron chi connectivity index (χ1n) is 23.5. The summed E-state index contributed by atoms with van der Waals surface area (Å²) >= 11 is 0. The van der Waals surface area contributed by atoms with Gasteiger partial charge in [-0.2, -0.15) is 0 Å². The van der Waals surface area contributed by atoms with E-state index in [9.17, 15) is 0 Å². The van der Waals surface area contributed by atoms with Gasteiger partial charge in [-0.3, -0.25) is 4.99 Å². The molecule has 1 atom stereocenters. The number of aliphatic imine (C=N–C) groups is 1. The smallest absolute Gasteiger partial charge is 0.0671 e. The van der Waals surface area contributed by atoms with Crippen molar-refractivity contribution in [2.24, 2.45) is 4.99 Å². The Balaban J connectivity index is 1.22. The number of hydrogen-bond donors (Lipinski definition) is 0. The first kappa shape index (κ1) is 23.8. The van der Waals surface area contributed by atoms with Crippen LogP contribution >= 0.6 is 0 Å². The van der Waals surface area contributed by atoms with Gasteiger partial charge in [0.15, 0.2) is 0 Å². The Morgan fingerprint density at radius 3 is 1.60 bits per heavy atom. The highest BCUT2D eigenvalue weighted by atomic mass is 14.8. The zero-order chi connectivity index (χ0) is 45.4. The summed E-state index contributed by atoms with van der Waals surface area (Å²) in [5, 5.41) is 3.39. The van der Waals surface area contributed by atoms with Gasteiger partial charge in [-0.15, -0.1) is 0 Å². The molecule has 0 aromatic heterocycles. The van der Waals surface area contributed by atoms with Crippen molar-refractivity contribution < 1.29 is 13.7 Å². The highest BCUT2D eigenvalue weighted by Gasteiger charge is 2.27. The number of para-hydroxylation sites is 1. The summed E-state index contributed by atoms with van der Waals surface area (Å²) < 4.78 is 85.5. The summed E-state index contributed by atoms with van der Waals surface area (Å²) in [7, 11) is 0. The van der Waals surface area contributed by atoms with E-state index in [1.807, 2.05) is 48.5 Å². The van der Waals surface area contributed by atoms with Gasteiger partial charge in [0.2, 0.25) is 0 Å². The molecule has 55 heavy (non-hydrogen) atoms. The molecular weight excluding hydrogens is 663 g/mol. The summed E-state index contributed by atoms with van der Waals surface area (Å²) in [5.74, 6) is 0.0657. The Labute approximate surface area is 337 Å². The molecule has 1 heteroatoms. The van der Waals surface area contributed by atoms with Crippen LogP contribution in [0.3, 0.4) is 0 Å². The quantitative estimate of drug-likeness (QED) is 0.146. The predicted molar refractivity (Wildman–Crippen MR) is 234 cm³/mol. The molecule has 0 N–H and O–H groups in total. The van der Waals surface area contributed by atoms with Crippen molar-refractivity contribution in [3.63, 3.8) is 0 Å². The molecule has 1 unspecified atom stereocenters. The molecule has 9 aromatic rings. The standard InChI is InChI=1S/C54H39N/c1-2-50-54(48-28-11-12-29-51(48)55-50)44-25-15-22-40(34-44)39-21-14-23-42(33-39)52-45-26-9-10-27-46(45)53(43-24-13-20-38(32-43)36-16-5-3-6-17-36)49-35-41(30-31-47(49)52)37-18-7-4-8-19-37/h3-35,54H,2H2,1H3/i3D,4D,5D,6D,7D,8D,16D,17D,18D,19D. The molecule has 0 spiro atoms. The third-order valence-electron chi connectivity index (χ3n) is 10.7. The molecule has 1 aliphatic heterocycles. The number of hydrogen-bond acceptors (Lipinski definition) is 1. The van der Waals surface area contributed by atoms with Crippen LogP contribution in [0.15, 0.2) is 205 Å². The normalized spacial score (nSPS) is 16.1. The van der Waals surface area contributed by atoms with Gasteiger partial charge in [-0.05, 0) is 119 Å². The average molecular weight is 712 g/mol. The Morgan fingerprint density at radius 2 is 0.945 bits per heavy atom. The fraction of sp³-hybridized carbons (Fsp3) is 0.0556. The van der Waals surface area contributed by atoms with Crippen LogP contribution in [0, 0.1) is 0 Å². The Kier molecular flexibility index (Phi) is 5.99. The van der Waals surface area contributed by atoms with Gasteiger partial charge in [-0.1, -0.05) is 183 Å². The van der Waals surface area contributed by atoms with Gasteiger partial charge in [0.25, 0.3) is 0 Å². The Bertz CT molecular complexity index is 3450. The molecular formula is C54H39N.